The van der Waals surface area contributed by atoms with Gasteiger partial charge in [0.05, 0.1) is 33.1 Å². The Bertz CT molecular complexity index is 2100. The van der Waals surface area contributed by atoms with E-state index in [-0.39, 0.29) is 0 Å². The summed E-state index contributed by atoms with van der Waals surface area (Å²) in [6.45, 7) is 6.88. The summed E-state index contributed by atoms with van der Waals surface area (Å²) >= 11 is 0. The number of aryl methyl sites for hydroxylation is 1. The number of pyridine rings is 2. The largest absolute Gasteiger partial charge is 0.308 e. The van der Waals surface area contributed by atoms with Gasteiger partial charge in [-0.15, -0.1) is 0 Å². The zero-order valence-corrected chi connectivity index (χ0v) is 23.4. The Balaban J connectivity index is 1.22. The first-order chi connectivity index (χ1) is 20.1. The van der Waals surface area contributed by atoms with Crippen LogP contribution in [0.1, 0.15) is 30.9 Å². The van der Waals surface area contributed by atoms with Crippen LogP contribution < -0.4 is 0 Å². The molecule has 2 unspecified atom stereocenters. The molecule has 4 heteroatoms. The maximum Gasteiger partial charge on any atom is 0.0963 e. The van der Waals surface area contributed by atoms with E-state index in [1.165, 1.54) is 49.9 Å². The fourth-order valence-corrected chi connectivity index (χ4v) is 7.09. The van der Waals surface area contributed by atoms with E-state index in [1.807, 2.05) is 24.5 Å². The van der Waals surface area contributed by atoms with Crippen LogP contribution in [-0.2, 0) is 0 Å². The van der Waals surface area contributed by atoms with E-state index in [0.29, 0.717) is 11.8 Å². The van der Waals surface area contributed by atoms with Crippen molar-refractivity contribution in [3.8, 4) is 5.69 Å². The fourth-order valence-electron chi connectivity index (χ4n) is 7.09. The van der Waals surface area contributed by atoms with E-state index in [1.54, 1.807) is 0 Å². The minimum Gasteiger partial charge on any atom is -0.308 e. The molecule has 198 valence electrons. The van der Waals surface area contributed by atoms with E-state index >= 15 is 0 Å². The molecule has 0 spiro atoms. The molecule has 0 saturated carbocycles. The van der Waals surface area contributed by atoms with Gasteiger partial charge in [-0.05, 0) is 85.5 Å². The highest BCUT2D eigenvalue weighted by molar-refractivity contribution is 6.08. The van der Waals surface area contributed by atoms with Gasteiger partial charge in [0.25, 0.3) is 0 Å². The molecular formula is C37H30N4. The van der Waals surface area contributed by atoms with Crippen LogP contribution in [0.5, 0.6) is 0 Å². The lowest BCUT2D eigenvalue weighted by Gasteiger charge is -2.30. The standard InChI is InChI=1S/C37H30N4/c1-23-20-26(40-31-12-6-4-10-29(31)36-33(40)14-8-18-38-36)16-17-28(23)35-24(2)21-27(22-25(35)3)41-32-13-7-5-11-30(32)37-34(41)15-9-19-39-37/h4-22,24,35H,1-3H3. The predicted octanol–water partition coefficient (Wildman–Crippen LogP) is 9.21. The molecule has 8 rings (SSSR count). The van der Waals surface area contributed by atoms with Crippen molar-refractivity contribution in [2.75, 3.05) is 0 Å². The quantitative estimate of drug-likeness (QED) is 0.228. The van der Waals surface area contributed by atoms with Gasteiger partial charge in [-0.25, -0.2) is 0 Å². The van der Waals surface area contributed by atoms with Crippen LogP contribution in [0.25, 0.3) is 55.3 Å². The van der Waals surface area contributed by atoms with Gasteiger partial charge in [0.2, 0.25) is 0 Å². The molecule has 3 aromatic carbocycles. The van der Waals surface area contributed by atoms with Crippen LogP contribution >= 0.6 is 0 Å². The molecule has 1 aliphatic carbocycles. The molecule has 0 bridgehead atoms. The second kappa shape index (κ2) is 9.03. The van der Waals surface area contributed by atoms with Crippen molar-refractivity contribution >= 4 is 49.6 Å². The summed E-state index contributed by atoms with van der Waals surface area (Å²) in [4.78, 5) is 9.44. The first kappa shape index (κ1) is 23.9. The fraction of sp³-hybridized carbons (Fsp3) is 0.135. The number of benzene rings is 3. The third-order valence-electron chi connectivity index (χ3n) is 8.79. The van der Waals surface area contributed by atoms with Crippen LogP contribution in [-0.4, -0.2) is 19.1 Å². The molecular weight excluding hydrogens is 500 g/mol. The summed E-state index contributed by atoms with van der Waals surface area (Å²) in [5.74, 6) is 0.656. The zero-order valence-electron chi connectivity index (χ0n) is 23.4. The molecule has 2 atom stereocenters. The third-order valence-corrected chi connectivity index (χ3v) is 8.79. The first-order valence-electron chi connectivity index (χ1n) is 14.3. The highest BCUT2D eigenvalue weighted by atomic mass is 15.0. The van der Waals surface area contributed by atoms with Crippen LogP contribution in [0.2, 0.25) is 0 Å². The Morgan fingerprint density at radius 3 is 1.85 bits per heavy atom. The van der Waals surface area contributed by atoms with Crippen LogP contribution in [0.3, 0.4) is 0 Å². The number of hydrogen-bond donors (Lipinski definition) is 0. The van der Waals surface area contributed by atoms with E-state index in [0.717, 1.165) is 22.1 Å². The Morgan fingerprint density at radius 2 is 1.22 bits per heavy atom. The summed E-state index contributed by atoms with van der Waals surface area (Å²) in [7, 11) is 0. The Labute approximate surface area is 238 Å². The monoisotopic (exact) mass is 530 g/mol. The molecule has 0 radical (unpaired) electrons. The molecule has 1 aliphatic rings. The number of nitrogens with zero attached hydrogens (tertiary/aromatic N) is 4. The van der Waals surface area contributed by atoms with Crippen molar-refractivity contribution in [1.29, 1.82) is 0 Å². The van der Waals surface area contributed by atoms with Crippen LogP contribution in [0, 0.1) is 12.8 Å². The van der Waals surface area contributed by atoms with Crippen molar-refractivity contribution in [2.24, 2.45) is 5.92 Å². The van der Waals surface area contributed by atoms with Gasteiger partial charge < -0.3 is 9.13 Å². The van der Waals surface area contributed by atoms with Gasteiger partial charge >= 0.3 is 0 Å². The smallest absolute Gasteiger partial charge is 0.0963 e. The molecule has 0 fully saturated rings. The van der Waals surface area contributed by atoms with E-state index < -0.39 is 0 Å². The molecule has 41 heavy (non-hydrogen) atoms. The van der Waals surface area contributed by atoms with Crippen molar-refractivity contribution in [3.05, 3.63) is 132 Å². The minimum absolute atomic E-state index is 0.318. The third kappa shape index (κ3) is 3.53. The van der Waals surface area contributed by atoms with Crippen LogP contribution in [0.4, 0.5) is 0 Å². The van der Waals surface area contributed by atoms with Gasteiger partial charge in [-0.1, -0.05) is 61.0 Å². The SMILES string of the molecule is CC1=CC(n2c3ccccc3c3ncccc32)=CC(C)C1c1ccc(-n2c3ccccc3c3ncccc32)cc1C. The number of para-hydroxylation sites is 2. The van der Waals surface area contributed by atoms with Crippen LogP contribution in [0.15, 0.2) is 121 Å². The van der Waals surface area contributed by atoms with Gasteiger partial charge in [0, 0.05) is 40.5 Å². The summed E-state index contributed by atoms with van der Waals surface area (Å²) in [5.41, 5.74) is 13.2. The molecule has 0 amide bonds. The molecule has 0 aliphatic heterocycles. The molecule has 4 nitrogen and oxygen atoms in total. The lowest BCUT2D eigenvalue weighted by molar-refractivity contribution is 0.602. The molecule has 4 heterocycles. The van der Waals surface area contributed by atoms with E-state index in [4.69, 9.17) is 9.97 Å². The average molecular weight is 531 g/mol. The van der Waals surface area contributed by atoms with E-state index in [2.05, 4.69) is 121 Å². The second-order valence-electron chi connectivity index (χ2n) is 11.3. The summed E-state index contributed by atoms with van der Waals surface area (Å²) in [6, 6.07) is 32.5. The normalized spacial score (nSPS) is 17.4. The maximum absolute atomic E-state index is 4.73. The molecule has 7 aromatic rings. The lowest BCUT2D eigenvalue weighted by Crippen LogP contribution is -2.16. The number of fused-ring (bicyclic) bond motifs is 6. The molecule has 0 saturated heterocycles. The zero-order chi connectivity index (χ0) is 27.7. The topological polar surface area (TPSA) is 35.6 Å². The number of allylic oxidation sites excluding steroid dienone is 4. The van der Waals surface area contributed by atoms with Crippen molar-refractivity contribution in [1.82, 2.24) is 19.1 Å². The van der Waals surface area contributed by atoms with Crippen molar-refractivity contribution in [3.63, 3.8) is 0 Å². The highest BCUT2D eigenvalue weighted by Crippen LogP contribution is 2.42. The van der Waals surface area contributed by atoms with Gasteiger partial charge in [0.1, 0.15) is 0 Å². The number of rotatable bonds is 3. The summed E-state index contributed by atoms with van der Waals surface area (Å²) < 4.78 is 4.72. The Kier molecular flexibility index (Phi) is 5.26. The van der Waals surface area contributed by atoms with Crippen molar-refractivity contribution < 1.29 is 0 Å². The molecule has 4 aromatic heterocycles. The van der Waals surface area contributed by atoms with Crippen molar-refractivity contribution in [2.45, 2.75) is 26.7 Å². The van der Waals surface area contributed by atoms with E-state index in [9.17, 15) is 0 Å². The first-order valence-corrected chi connectivity index (χ1v) is 14.3. The Hall–Kier alpha value is -4.96. The highest BCUT2D eigenvalue weighted by Gasteiger charge is 2.27. The number of aromatic nitrogens is 4. The molecule has 0 N–H and O–H groups in total. The summed E-state index contributed by atoms with van der Waals surface area (Å²) in [6.07, 6.45) is 8.57. The second-order valence-corrected chi connectivity index (χ2v) is 11.3. The van der Waals surface area contributed by atoms with Gasteiger partial charge in [-0.2, -0.15) is 0 Å². The predicted molar refractivity (Wildman–Crippen MR) is 170 cm³/mol. The Morgan fingerprint density at radius 1 is 0.634 bits per heavy atom. The summed E-state index contributed by atoms with van der Waals surface area (Å²) in [5, 5.41) is 2.37. The minimum atomic E-state index is 0.318. The maximum atomic E-state index is 4.73. The van der Waals surface area contributed by atoms with Gasteiger partial charge in [-0.3, -0.25) is 9.97 Å². The number of hydrogen-bond acceptors (Lipinski definition) is 2. The lowest BCUT2D eigenvalue weighted by atomic mass is 9.77. The van der Waals surface area contributed by atoms with Gasteiger partial charge in [0.15, 0.2) is 0 Å². The average Bonchev–Trinajstić information content (AvgIpc) is 3.51.